The minimum Gasteiger partial charge on any atom is -0.343 e. The zero-order valence-electron chi connectivity index (χ0n) is 12.9. The molecule has 2 amide bonds. The zero-order valence-corrected chi connectivity index (χ0v) is 13.6. The quantitative estimate of drug-likeness (QED) is 0.899. The van der Waals surface area contributed by atoms with Crippen LogP contribution in [0.4, 0.5) is 8.78 Å². The van der Waals surface area contributed by atoms with Gasteiger partial charge in [-0.3, -0.25) is 9.59 Å². The van der Waals surface area contributed by atoms with Crippen molar-refractivity contribution in [3.8, 4) is 0 Å². The molecule has 2 aromatic carbocycles. The highest BCUT2D eigenvalue weighted by Crippen LogP contribution is 2.14. The molecule has 2 aromatic rings. The number of likely N-dealkylation sites (N-methyl/N-ethyl adjacent to an activating group) is 1. The van der Waals surface area contributed by atoms with Crippen LogP contribution in [-0.2, 0) is 11.3 Å². The van der Waals surface area contributed by atoms with Crippen molar-refractivity contribution in [2.45, 2.75) is 6.54 Å². The number of nitrogens with zero attached hydrogens (tertiary/aromatic N) is 1. The van der Waals surface area contributed by atoms with E-state index in [9.17, 15) is 18.4 Å². The van der Waals surface area contributed by atoms with E-state index in [2.05, 4.69) is 5.32 Å². The lowest BCUT2D eigenvalue weighted by Gasteiger charge is -2.18. The van der Waals surface area contributed by atoms with Gasteiger partial charge in [0.25, 0.3) is 5.91 Å². The number of amides is 2. The van der Waals surface area contributed by atoms with Crippen molar-refractivity contribution < 1.29 is 18.4 Å². The molecule has 0 spiro atoms. The largest absolute Gasteiger partial charge is 0.343 e. The summed E-state index contributed by atoms with van der Waals surface area (Å²) in [6, 6.07) is 9.91. The minimum absolute atomic E-state index is 0.0952. The molecule has 7 heteroatoms. The van der Waals surface area contributed by atoms with E-state index in [-0.39, 0.29) is 29.6 Å². The molecule has 0 fully saturated rings. The fraction of sp³-hybridized carbons (Fsp3) is 0.176. The van der Waals surface area contributed by atoms with Gasteiger partial charge in [-0.1, -0.05) is 29.8 Å². The summed E-state index contributed by atoms with van der Waals surface area (Å²) in [7, 11) is 1.51. The molecule has 4 nitrogen and oxygen atoms in total. The summed E-state index contributed by atoms with van der Waals surface area (Å²) in [4.78, 5) is 25.3. The van der Waals surface area contributed by atoms with Gasteiger partial charge >= 0.3 is 0 Å². The highest BCUT2D eigenvalue weighted by molar-refractivity contribution is 6.33. The first kappa shape index (κ1) is 17.9. The van der Waals surface area contributed by atoms with Crippen molar-refractivity contribution in [3.05, 3.63) is 70.2 Å². The number of hydrogen-bond acceptors (Lipinski definition) is 2. The Morgan fingerprint density at radius 2 is 1.83 bits per heavy atom. The number of carbonyl (C=O) groups excluding carboxylic acids is 2. The van der Waals surface area contributed by atoms with Crippen molar-refractivity contribution in [3.63, 3.8) is 0 Å². The lowest BCUT2D eigenvalue weighted by Crippen LogP contribution is -2.37. The van der Waals surface area contributed by atoms with Crippen LogP contribution in [0.3, 0.4) is 0 Å². The molecule has 0 unspecified atom stereocenters. The maximum absolute atomic E-state index is 13.2. The molecule has 0 heterocycles. The molecule has 24 heavy (non-hydrogen) atoms. The van der Waals surface area contributed by atoms with E-state index >= 15 is 0 Å². The van der Waals surface area contributed by atoms with Gasteiger partial charge in [-0.15, -0.1) is 0 Å². The van der Waals surface area contributed by atoms with Gasteiger partial charge < -0.3 is 10.2 Å². The summed E-state index contributed by atoms with van der Waals surface area (Å²) in [5.41, 5.74) is 0.720. The Labute approximate surface area is 143 Å². The van der Waals surface area contributed by atoms with Gasteiger partial charge in [0, 0.05) is 13.6 Å². The first-order chi connectivity index (χ1) is 11.4. The average molecular weight is 353 g/mol. The van der Waals surface area contributed by atoms with E-state index < -0.39 is 17.5 Å². The van der Waals surface area contributed by atoms with Crippen LogP contribution in [0, 0.1) is 11.6 Å². The Hall–Kier alpha value is -2.47. The third kappa shape index (κ3) is 4.52. The first-order valence-electron chi connectivity index (χ1n) is 7.09. The van der Waals surface area contributed by atoms with E-state index in [1.54, 1.807) is 24.3 Å². The van der Waals surface area contributed by atoms with Crippen LogP contribution in [0.1, 0.15) is 15.9 Å². The SMILES string of the molecule is CN(Cc1ccc(F)c(F)c1)C(=O)CNC(=O)c1ccccc1Cl. The van der Waals surface area contributed by atoms with E-state index in [0.29, 0.717) is 5.56 Å². The molecular formula is C17H15ClF2N2O2. The Bertz CT molecular complexity index is 768. The molecule has 0 aliphatic rings. The Morgan fingerprint density at radius 3 is 2.50 bits per heavy atom. The summed E-state index contributed by atoms with van der Waals surface area (Å²) < 4.78 is 26.0. The first-order valence-corrected chi connectivity index (χ1v) is 7.47. The average Bonchev–Trinajstić information content (AvgIpc) is 2.56. The smallest absolute Gasteiger partial charge is 0.253 e. The Balaban J connectivity index is 1.91. The normalized spacial score (nSPS) is 10.3. The zero-order chi connectivity index (χ0) is 17.7. The number of carbonyl (C=O) groups is 2. The molecule has 0 saturated heterocycles. The van der Waals surface area contributed by atoms with Crippen LogP contribution in [0.15, 0.2) is 42.5 Å². The van der Waals surface area contributed by atoms with Gasteiger partial charge in [0.2, 0.25) is 5.91 Å². The molecule has 0 atom stereocenters. The van der Waals surface area contributed by atoms with Crippen molar-refractivity contribution in [2.24, 2.45) is 0 Å². The monoisotopic (exact) mass is 352 g/mol. The van der Waals surface area contributed by atoms with E-state index in [0.717, 1.165) is 12.1 Å². The van der Waals surface area contributed by atoms with Crippen LogP contribution in [0.2, 0.25) is 5.02 Å². The van der Waals surface area contributed by atoms with Gasteiger partial charge in [0.1, 0.15) is 0 Å². The Morgan fingerprint density at radius 1 is 1.12 bits per heavy atom. The summed E-state index contributed by atoms with van der Waals surface area (Å²) in [5.74, 6) is -2.75. The van der Waals surface area contributed by atoms with Crippen LogP contribution >= 0.6 is 11.6 Å². The highest BCUT2D eigenvalue weighted by Gasteiger charge is 2.14. The maximum atomic E-state index is 13.2. The molecule has 0 bridgehead atoms. The highest BCUT2D eigenvalue weighted by atomic mass is 35.5. The number of benzene rings is 2. The number of halogens is 3. The molecule has 0 saturated carbocycles. The van der Waals surface area contributed by atoms with Gasteiger partial charge in [-0.2, -0.15) is 0 Å². The summed E-state index contributed by atoms with van der Waals surface area (Å²) >= 11 is 5.91. The van der Waals surface area contributed by atoms with E-state index in [1.165, 1.54) is 18.0 Å². The molecular weight excluding hydrogens is 338 g/mol. The van der Waals surface area contributed by atoms with Gasteiger partial charge in [-0.25, -0.2) is 8.78 Å². The van der Waals surface area contributed by atoms with Crippen molar-refractivity contribution in [1.29, 1.82) is 0 Å². The predicted molar refractivity (Wildman–Crippen MR) is 86.6 cm³/mol. The molecule has 0 radical (unpaired) electrons. The van der Waals surface area contributed by atoms with Crippen molar-refractivity contribution >= 4 is 23.4 Å². The van der Waals surface area contributed by atoms with Gasteiger partial charge in [-0.05, 0) is 29.8 Å². The second kappa shape index (κ2) is 7.88. The van der Waals surface area contributed by atoms with Crippen molar-refractivity contribution in [2.75, 3.05) is 13.6 Å². The maximum Gasteiger partial charge on any atom is 0.253 e. The second-order valence-corrected chi connectivity index (χ2v) is 5.57. The molecule has 2 rings (SSSR count). The lowest BCUT2D eigenvalue weighted by atomic mass is 10.2. The predicted octanol–water partition coefficient (Wildman–Crippen LogP) is 3.01. The molecule has 0 aliphatic carbocycles. The summed E-state index contributed by atoms with van der Waals surface area (Å²) in [6.07, 6.45) is 0. The molecule has 0 aliphatic heterocycles. The molecule has 1 N–H and O–H groups in total. The topological polar surface area (TPSA) is 49.4 Å². The van der Waals surface area contributed by atoms with Crippen LogP contribution in [0.25, 0.3) is 0 Å². The van der Waals surface area contributed by atoms with Crippen LogP contribution < -0.4 is 5.32 Å². The van der Waals surface area contributed by atoms with Crippen LogP contribution in [0.5, 0.6) is 0 Å². The minimum atomic E-state index is -0.972. The number of rotatable bonds is 5. The summed E-state index contributed by atoms with van der Waals surface area (Å²) in [6.45, 7) is -0.137. The van der Waals surface area contributed by atoms with Gasteiger partial charge in [0.15, 0.2) is 11.6 Å². The third-order valence-corrected chi connectivity index (χ3v) is 3.68. The van der Waals surface area contributed by atoms with Crippen LogP contribution in [-0.4, -0.2) is 30.3 Å². The molecule has 126 valence electrons. The standard InChI is InChI=1S/C17H15ClF2N2O2/c1-22(10-11-6-7-14(19)15(20)8-11)16(23)9-21-17(24)12-4-2-3-5-13(12)18/h2-8H,9-10H2,1H3,(H,21,24). The fourth-order valence-corrected chi connectivity index (χ4v) is 2.25. The Kier molecular flexibility index (Phi) is 5.87. The number of nitrogens with one attached hydrogen (secondary N) is 1. The van der Waals surface area contributed by atoms with E-state index in [1.807, 2.05) is 0 Å². The number of hydrogen-bond donors (Lipinski definition) is 1. The fourth-order valence-electron chi connectivity index (χ4n) is 2.03. The second-order valence-electron chi connectivity index (χ2n) is 5.16. The third-order valence-electron chi connectivity index (χ3n) is 3.35. The van der Waals surface area contributed by atoms with E-state index in [4.69, 9.17) is 11.6 Å². The van der Waals surface area contributed by atoms with Gasteiger partial charge in [0.05, 0.1) is 17.1 Å². The lowest BCUT2D eigenvalue weighted by molar-refractivity contribution is -0.129. The molecule has 0 aromatic heterocycles. The summed E-state index contributed by atoms with van der Waals surface area (Å²) in [5, 5.41) is 2.77. The van der Waals surface area contributed by atoms with Crippen molar-refractivity contribution in [1.82, 2.24) is 10.2 Å².